The van der Waals surface area contributed by atoms with Crippen molar-refractivity contribution in [3.05, 3.63) is 64.8 Å². The molecule has 3 N–H and O–H groups in total. The number of fused-ring (bicyclic) bond motifs is 1. The molecule has 1 atom stereocenters. The number of halogens is 1. The van der Waals surface area contributed by atoms with Crippen LogP contribution in [0.15, 0.2) is 59.2 Å². The lowest BCUT2D eigenvalue weighted by Gasteiger charge is -2.10. The van der Waals surface area contributed by atoms with Crippen molar-refractivity contribution < 1.29 is 14.6 Å². The van der Waals surface area contributed by atoms with Crippen molar-refractivity contribution in [3.63, 3.8) is 0 Å². The van der Waals surface area contributed by atoms with Gasteiger partial charge in [0.25, 0.3) is 0 Å². The van der Waals surface area contributed by atoms with Crippen molar-refractivity contribution >= 4 is 32.7 Å². The fraction of sp³-hybridized carbons (Fsp3) is 0.111. The van der Waals surface area contributed by atoms with E-state index in [0.717, 1.165) is 20.8 Å². The maximum Gasteiger partial charge on any atom is 0.320 e. The van der Waals surface area contributed by atoms with Crippen LogP contribution in [0.5, 0.6) is 11.6 Å². The molecule has 0 amide bonds. The number of nitrogens with zero attached hydrogens (tertiary/aromatic N) is 1. The van der Waals surface area contributed by atoms with E-state index in [1.54, 1.807) is 30.5 Å². The highest BCUT2D eigenvalue weighted by Gasteiger charge is 2.12. The summed E-state index contributed by atoms with van der Waals surface area (Å²) in [5.41, 5.74) is 6.38. The maximum absolute atomic E-state index is 10.8. The first-order valence-electron chi connectivity index (χ1n) is 7.32. The van der Waals surface area contributed by atoms with Gasteiger partial charge in [-0.25, -0.2) is 4.98 Å². The van der Waals surface area contributed by atoms with Gasteiger partial charge in [-0.05, 0) is 47.7 Å². The Hall–Kier alpha value is -2.44. The molecule has 0 aliphatic heterocycles. The molecule has 0 radical (unpaired) electrons. The minimum absolute atomic E-state index is 0.273. The monoisotopic (exact) mass is 386 g/mol. The van der Waals surface area contributed by atoms with Gasteiger partial charge in [0.15, 0.2) is 0 Å². The van der Waals surface area contributed by atoms with E-state index in [0.29, 0.717) is 11.6 Å². The second-order valence-corrected chi connectivity index (χ2v) is 6.29. The molecule has 0 saturated heterocycles. The normalized spacial score (nSPS) is 12.1. The standard InChI is InChI=1S/C18H15BrN2O3/c19-13-4-3-12-7-8-21-17(15(12)10-13)24-14-5-1-11(2-6-14)9-16(20)18(22)23/h1-8,10,16H,9,20H2,(H,22,23). The second kappa shape index (κ2) is 6.98. The van der Waals surface area contributed by atoms with Crippen LogP contribution >= 0.6 is 15.9 Å². The number of aliphatic carboxylic acids is 1. The molecule has 1 aromatic heterocycles. The summed E-state index contributed by atoms with van der Waals surface area (Å²) in [7, 11) is 0. The summed E-state index contributed by atoms with van der Waals surface area (Å²) < 4.78 is 6.82. The lowest BCUT2D eigenvalue weighted by molar-refractivity contribution is -0.138. The number of aromatic nitrogens is 1. The number of pyridine rings is 1. The summed E-state index contributed by atoms with van der Waals surface area (Å²) in [5, 5.41) is 10.8. The van der Waals surface area contributed by atoms with Crippen LogP contribution in [0.3, 0.4) is 0 Å². The predicted octanol–water partition coefficient (Wildman–Crippen LogP) is 3.74. The zero-order valence-corrected chi connectivity index (χ0v) is 14.2. The Morgan fingerprint density at radius 3 is 2.67 bits per heavy atom. The number of ether oxygens (including phenoxy) is 1. The smallest absolute Gasteiger partial charge is 0.320 e. The largest absolute Gasteiger partial charge is 0.480 e. The summed E-state index contributed by atoms with van der Waals surface area (Å²) in [6, 6.07) is 14.1. The van der Waals surface area contributed by atoms with Gasteiger partial charge < -0.3 is 15.6 Å². The molecular weight excluding hydrogens is 372 g/mol. The maximum atomic E-state index is 10.8. The second-order valence-electron chi connectivity index (χ2n) is 5.38. The fourth-order valence-electron chi connectivity index (χ4n) is 2.34. The molecule has 6 heteroatoms. The summed E-state index contributed by atoms with van der Waals surface area (Å²) >= 11 is 3.45. The first-order valence-corrected chi connectivity index (χ1v) is 8.11. The molecule has 3 aromatic rings. The van der Waals surface area contributed by atoms with Crippen LogP contribution in [0.4, 0.5) is 0 Å². The van der Waals surface area contributed by atoms with Crippen molar-refractivity contribution in [2.45, 2.75) is 12.5 Å². The number of nitrogens with two attached hydrogens (primary N) is 1. The number of carboxylic acid groups (broad SMARTS) is 1. The molecule has 0 fully saturated rings. The van der Waals surface area contributed by atoms with Gasteiger partial charge in [0.1, 0.15) is 11.8 Å². The molecule has 5 nitrogen and oxygen atoms in total. The van der Waals surface area contributed by atoms with Gasteiger partial charge in [0.2, 0.25) is 5.88 Å². The van der Waals surface area contributed by atoms with Gasteiger partial charge in [-0.15, -0.1) is 0 Å². The zero-order chi connectivity index (χ0) is 17.1. The average molecular weight is 387 g/mol. The Labute approximate surface area is 147 Å². The van der Waals surface area contributed by atoms with Crippen molar-refractivity contribution in [3.8, 4) is 11.6 Å². The Morgan fingerprint density at radius 1 is 1.21 bits per heavy atom. The summed E-state index contributed by atoms with van der Waals surface area (Å²) in [6.07, 6.45) is 1.97. The molecule has 3 rings (SSSR count). The van der Waals surface area contributed by atoms with Gasteiger partial charge in [-0.1, -0.05) is 34.1 Å². The first-order chi connectivity index (χ1) is 11.5. The Bertz CT molecular complexity index is 881. The highest BCUT2D eigenvalue weighted by atomic mass is 79.9. The van der Waals surface area contributed by atoms with Crippen LogP contribution in [0.2, 0.25) is 0 Å². The van der Waals surface area contributed by atoms with Crippen molar-refractivity contribution in [2.24, 2.45) is 5.73 Å². The van der Waals surface area contributed by atoms with Crippen LogP contribution in [0.25, 0.3) is 10.8 Å². The van der Waals surface area contributed by atoms with E-state index >= 15 is 0 Å². The number of carbonyl (C=O) groups is 1. The quantitative estimate of drug-likeness (QED) is 0.697. The molecule has 0 bridgehead atoms. The van der Waals surface area contributed by atoms with Gasteiger partial charge in [-0.3, -0.25) is 4.79 Å². The molecule has 24 heavy (non-hydrogen) atoms. The van der Waals surface area contributed by atoms with Gasteiger partial charge in [0.05, 0.1) is 0 Å². The van der Waals surface area contributed by atoms with E-state index < -0.39 is 12.0 Å². The molecule has 1 heterocycles. The van der Waals surface area contributed by atoms with E-state index in [4.69, 9.17) is 15.6 Å². The van der Waals surface area contributed by atoms with Crippen molar-refractivity contribution in [2.75, 3.05) is 0 Å². The number of hydrogen-bond acceptors (Lipinski definition) is 4. The Kier molecular flexibility index (Phi) is 4.78. The van der Waals surface area contributed by atoms with E-state index in [2.05, 4.69) is 20.9 Å². The van der Waals surface area contributed by atoms with Gasteiger partial charge in [-0.2, -0.15) is 0 Å². The Balaban J connectivity index is 1.82. The topological polar surface area (TPSA) is 85.4 Å². The fourth-order valence-corrected chi connectivity index (χ4v) is 2.70. The minimum Gasteiger partial charge on any atom is -0.480 e. The molecule has 122 valence electrons. The molecular formula is C18H15BrN2O3. The highest BCUT2D eigenvalue weighted by Crippen LogP contribution is 2.30. The summed E-state index contributed by atoms with van der Waals surface area (Å²) in [4.78, 5) is 15.1. The third-order valence-corrected chi connectivity index (χ3v) is 4.10. The highest BCUT2D eigenvalue weighted by molar-refractivity contribution is 9.10. The van der Waals surface area contributed by atoms with Gasteiger partial charge in [0, 0.05) is 16.1 Å². The van der Waals surface area contributed by atoms with E-state index in [9.17, 15) is 4.79 Å². The van der Waals surface area contributed by atoms with E-state index in [1.807, 2.05) is 24.3 Å². The van der Waals surface area contributed by atoms with Crippen LogP contribution in [0.1, 0.15) is 5.56 Å². The van der Waals surface area contributed by atoms with Crippen molar-refractivity contribution in [1.29, 1.82) is 0 Å². The van der Waals surface area contributed by atoms with E-state index in [1.165, 1.54) is 0 Å². The number of rotatable bonds is 5. The molecule has 0 aliphatic carbocycles. The molecule has 2 aromatic carbocycles. The average Bonchev–Trinajstić information content (AvgIpc) is 2.57. The minimum atomic E-state index is -1.01. The SMILES string of the molecule is NC(Cc1ccc(Oc2nccc3ccc(Br)cc23)cc1)C(=O)O. The number of hydrogen-bond donors (Lipinski definition) is 2. The zero-order valence-electron chi connectivity index (χ0n) is 12.6. The molecule has 0 spiro atoms. The molecule has 1 unspecified atom stereocenters. The van der Waals surface area contributed by atoms with Gasteiger partial charge >= 0.3 is 5.97 Å². The van der Waals surface area contributed by atoms with E-state index in [-0.39, 0.29) is 6.42 Å². The van der Waals surface area contributed by atoms with Crippen LogP contribution in [0, 0.1) is 0 Å². The first kappa shape index (κ1) is 16.4. The predicted molar refractivity (Wildman–Crippen MR) is 95.3 cm³/mol. The van der Waals surface area contributed by atoms with Crippen LogP contribution < -0.4 is 10.5 Å². The van der Waals surface area contributed by atoms with Crippen LogP contribution in [-0.4, -0.2) is 22.1 Å². The third-order valence-electron chi connectivity index (χ3n) is 3.60. The lowest BCUT2D eigenvalue weighted by atomic mass is 10.1. The molecule has 0 saturated carbocycles. The Morgan fingerprint density at radius 2 is 1.96 bits per heavy atom. The lowest BCUT2D eigenvalue weighted by Crippen LogP contribution is -2.32. The summed E-state index contributed by atoms with van der Waals surface area (Å²) in [5.74, 6) is 0.132. The molecule has 0 aliphatic rings. The third kappa shape index (κ3) is 3.72. The van der Waals surface area contributed by atoms with Crippen molar-refractivity contribution in [1.82, 2.24) is 4.98 Å². The summed E-state index contributed by atoms with van der Waals surface area (Å²) in [6.45, 7) is 0. The number of carboxylic acids is 1. The van der Waals surface area contributed by atoms with Crippen LogP contribution in [-0.2, 0) is 11.2 Å². The number of benzene rings is 2.